The number of guanidine groups is 1. The molecule has 1 aliphatic rings. The van der Waals surface area contributed by atoms with E-state index >= 15 is 0 Å². The van der Waals surface area contributed by atoms with E-state index in [-0.39, 0.29) is 24.0 Å². The number of ether oxygens (including phenoxy) is 1. The largest absolute Gasteiger partial charge is 0.496 e. The first-order chi connectivity index (χ1) is 13.3. The summed E-state index contributed by atoms with van der Waals surface area (Å²) in [6.45, 7) is 4.88. The van der Waals surface area contributed by atoms with Crippen LogP contribution in [0.4, 0.5) is 0 Å². The molecular weight excluding hydrogens is 463 g/mol. The molecule has 2 N–H and O–H groups in total. The van der Waals surface area contributed by atoms with Crippen LogP contribution in [0.25, 0.3) is 0 Å². The smallest absolute Gasteiger partial charge is 0.191 e. The van der Waals surface area contributed by atoms with Crippen molar-refractivity contribution in [3.8, 4) is 5.75 Å². The molecule has 28 heavy (non-hydrogen) atoms. The van der Waals surface area contributed by atoms with Crippen LogP contribution >= 0.6 is 24.0 Å². The number of benzene rings is 2. The highest BCUT2D eigenvalue weighted by atomic mass is 127. The molecule has 0 fully saturated rings. The van der Waals surface area contributed by atoms with Crippen molar-refractivity contribution in [2.75, 3.05) is 40.3 Å². The van der Waals surface area contributed by atoms with Crippen LogP contribution in [0.3, 0.4) is 0 Å². The van der Waals surface area contributed by atoms with E-state index in [1.165, 1.54) is 16.7 Å². The Labute approximate surface area is 185 Å². The zero-order valence-electron chi connectivity index (χ0n) is 16.8. The Bertz CT molecular complexity index is 766. The number of methoxy groups -OCH3 is 1. The number of aliphatic imine (C=N–C) groups is 1. The Hall–Kier alpha value is -1.80. The number of hydrogen-bond donors (Lipinski definition) is 2. The Morgan fingerprint density at radius 1 is 1.04 bits per heavy atom. The average molecular weight is 494 g/mol. The van der Waals surface area contributed by atoms with Gasteiger partial charge in [0.05, 0.1) is 7.11 Å². The predicted molar refractivity (Wildman–Crippen MR) is 127 cm³/mol. The first-order valence-electron chi connectivity index (χ1n) is 9.65. The molecule has 5 nitrogen and oxygen atoms in total. The van der Waals surface area contributed by atoms with Crippen LogP contribution in [-0.2, 0) is 19.4 Å². The maximum Gasteiger partial charge on any atom is 0.191 e. The summed E-state index contributed by atoms with van der Waals surface area (Å²) in [4.78, 5) is 6.82. The van der Waals surface area contributed by atoms with Crippen LogP contribution in [0, 0.1) is 0 Å². The van der Waals surface area contributed by atoms with Gasteiger partial charge in [0.15, 0.2) is 5.96 Å². The van der Waals surface area contributed by atoms with E-state index in [4.69, 9.17) is 4.74 Å². The maximum atomic E-state index is 5.41. The molecule has 0 radical (unpaired) electrons. The van der Waals surface area contributed by atoms with Crippen molar-refractivity contribution < 1.29 is 4.74 Å². The number of nitrogens with one attached hydrogen (secondary N) is 2. The molecule has 0 saturated heterocycles. The van der Waals surface area contributed by atoms with Gasteiger partial charge in [-0.05, 0) is 35.6 Å². The molecule has 2 aromatic rings. The molecule has 6 heteroatoms. The van der Waals surface area contributed by atoms with E-state index in [2.05, 4.69) is 50.9 Å². The molecular formula is C22H31IN4O. The lowest BCUT2D eigenvalue weighted by Crippen LogP contribution is -2.43. The Morgan fingerprint density at radius 2 is 1.75 bits per heavy atom. The van der Waals surface area contributed by atoms with Crippen LogP contribution in [-0.4, -0.2) is 51.2 Å². The molecule has 0 unspecified atom stereocenters. The maximum absolute atomic E-state index is 5.41. The summed E-state index contributed by atoms with van der Waals surface area (Å²) in [7, 11) is 3.53. The van der Waals surface area contributed by atoms with E-state index in [1.54, 1.807) is 7.11 Å². The number of rotatable bonds is 7. The third-order valence-corrected chi connectivity index (χ3v) is 5.03. The van der Waals surface area contributed by atoms with Crippen molar-refractivity contribution in [2.45, 2.75) is 19.4 Å². The number of halogens is 1. The Kier molecular flexibility index (Phi) is 9.57. The van der Waals surface area contributed by atoms with Gasteiger partial charge < -0.3 is 15.4 Å². The minimum atomic E-state index is 0. The van der Waals surface area contributed by atoms with E-state index in [0.29, 0.717) is 0 Å². The van der Waals surface area contributed by atoms with E-state index in [0.717, 1.165) is 57.3 Å². The highest BCUT2D eigenvalue weighted by Crippen LogP contribution is 2.18. The van der Waals surface area contributed by atoms with E-state index in [9.17, 15) is 0 Å². The van der Waals surface area contributed by atoms with Crippen molar-refractivity contribution in [3.63, 3.8) is 0 Å². The zero-order chi connectivity index (χ0) is 18.9. The topological polar surface area (TPSA) is 48.9 Å². The highest BCUT2D eigenvalue weighted by molar-refractivity contribution is 14.0. The number of fused-ring (bicyclic) bond motifs is 1. The summed E-state index contributed by atoms with van der Waals surface area (Å²) in [5.74, 6) is 1.79. The van der Waals surface area contributed by atoms with Crippen molar-refractivity contribution in [3.05, 3.63) is 65.2 Å². The van der Waals surface area contributed by atoms with Crippen LogP contribution < -0.4 is 15.4 Å². The van der Waals surface area contributed by atoms with Crippen molar-refractivity contribution in [2.24, 2.45) is 4.99 Å². The molecule has 0 aliphatic carbocycles. The molecule has 1 heterocycles. The SMILES string of the molecule is CN=C(NCCc1ccccc1OC)NCCN1CCc2ccccc2C1.I. The summed E-state index contributed by atoms with van der Waals surface area (Å²) < 4.78 is 5.41. The van der Waals surface area contributed by atoms with Gasteiger partial charge in [-0.15, -0.1) is 24.0 Å². The van der Waals surface area contributed by atoms with Gasteiger partial charge in [0.2, 0.25) is 0 Å². The standard InChI is InChI=1S/C22H30N4O.HI/c1-23-22(24-13-11-19-8-5-6-10-21(19)27-2)25-14-16-26-15-12-18-7-3-4-9-20(18)17-26;/h3-10H,11-17H2,1-2H3,(H2,23,24,25);1H. The summed E-state index contributed by atoms with van der Waals surface area (Å²) >= 11 is 0. The van der Waals surface area contributed by atoms with Crippen molar-refractivity contribution in [1.29, 1.82) is 0 Å². The first-order valence-corrected chi connectivity index (χ1v) is 9.65. The van der Waals surface area contributed by atoms with Crippen LogP contribution in [0.5, 0.6) is 5.75 Å². The molecule has 3 rings (SSSR count). The minimum absolute atomic E-state index is 0. The van der Waals surface area contributed by atoms with Gasteiger partial charge in [0.25, 0.3) is 0 Å². The molecule has 2 aromatic carbocycles. The van der Waals surface area contributed by atoms with Crippen molar-refractivity contribution in [1.82, 2.24) is 15.5 Å². The van der Waals surface area contributed by atoms with Gasteiger partial charge in [-0.1, -0.05) is 42.5 Å². The fourth-order valence-corrected chi connectivity index (χ4v) is 3.52. The van der Waals surface area contributed by atoms with Gasteiger partial charge in [-0.2, -0.15) is 0 Å². The fraction of sp³-hybridized carbons (Fsp3) is 0.409. The Morgan fingerprint density at radius 3 is 2.54 bits per heavy atom. The van der Waals surface area contributed by atoms with Crippen LogP contribution in [0.15, 0.2) is 53.5 Å². The van der Waals surface area contributed by atoms with Gasteiger partial charge in [-0.25, -0.2) is 0 Å². The van der Waals surface area contributed by atoms with Gasteiger partial charge in [0, 0.05) is 39.8 Å². The number of hydrogen-bond acceptors (Lipinski definition) is 3. The summed E-state index contributed by atoms with van der Waals surface area (Å²) in [6, 6.07) is 16.9. The monoisotopic (exact) mass is 494 g/mol. The summed E-state index contributed by atoms with van der Waals surface area (Å²) in [5, 5.41) is 6.81. The molecule has 1 aliphatic heterocycles. The molecule has 0 amide bonds. The van der Waals surface area contributed by atoms with Gasteiger partial charge in [0.1, 0.15) is 5.75 Å². The molecule has 0 spiro atoms. The molecule has 0 bridgehead atoms. The lowest BCUT2D eigenvalue weighted by Gasteiger charge is -2.28. The van der Waals surface area contributed by atoms with Gasteiger partial charge in [-0.3, -0.25) is 9.89 Å². The minimum Gasteiger partial charge on any atom is -0.496 e. The molecule has 0 aromatic heterocycles. The zero-order valence-corrected chi connectivity index (χ0v) is 19.1. The number of para-hydroxylation sites is 1. The van der Waals surface area contributed by atoms with E-state index < -0.39 is 0 Å². The second-order valence-electron chi connectivity index (χ2n) is 6.78. The summed E-state index contributed by atoms with van der Waals surface area (Å²) in [5.41, 5.74) is 4.16. The number of nitrogens with zero attached hydrogens (tertiary/aromatic N) is 2. The summed E-state index contributed by atoms with van der Waals surface area (Å²) in [6.07, 6.45) is 2.04. The normalized spacial score (nSPS) is 14.0. The van der Waals surface area contributed by atoms with Crippen LogP contribution in [0.2, 0.25) is 0 Å². The van der Waals surface area contributed by atoms with E-state index in [1.807, 2.05) is 25.2 Å². The lowest BCUT2D eigenvalue weighted by atomic mass is 10.00. The average Bonchev–Trinajstić information content (AvgIpc) is 2.72. The first kappa shape index (κ1) is 22.5. The highest BCUT2D eigenvalue weighted by Gasteiger charge is 2.15. The molecule has 0 atom stereocenters. The Balaban J connectivity index is 0.00000280. The third-order valence-electron chi connectivity index (χ3n) is 5.03. The predicted octanol–water partition coefficient (Wildman–Crippen LogP) is 3.08. The van der Waals surface area contributed by atoms with Gasteiger partial charge >= 0.3 is 0 Å². The quantitative estimate of drug-likeness (QED) is 0.353. The van der Waals surface area contributed by atoms with Crippen LogP contribution in [0.1, 0.15) is 16.7 Å². The second-order valence-corrected chi connectivity index (χ2v) is 6.78. The molecule has 152 valence electrons. The molecule has 0 saturated carbocycles. The lowest BCUT2D eigenvalue weighted by molar-refractivity contribution is 0.258. The van der Waals surface area contributed by atoms with Crippen molar-refractivity contribution >= 4 is 29.9 Å². The second kappa shape index (κ2) is 11.9. The fourth-order valence-electron chi connectivity index (χ4n) is 3.52. The third kappa shape index (κ3) is 6.38.